The number of nitrogens with zero attached hydrogens (tertiary/aromatic N) is 2. The molecular formula is C20H42Cl3N4O2PS. The van der Waals surface area contributed by atoms with Gasteiger partial charge in [-0.05, 0) is 40.4 Å². The number of rotatable bonds is 18. The highest BCUT2D eigenvalue weighted by Crippen LogP contribution is 2.47. The van der Waals surface area contributed by atoms with Gasteiger partial charge in [0.1, 0.15) is 6.17 Å². The van der Waals surface area contributed by atoms with Gasteiger partial charge in [0.25, 0.3) is 7.59 Å². The molecule has 1 amide bonds. The van der Waals surface area contributed by atoms with E-state index in [9.17, 15) is 9.36 Å². The monoisotopic (exact) mass is 538 g/mol. The van der Waals surface area contributed by atoms with Crippen molar-refractivity contribution in [2.24, 2.45) is 0 Å². The average Bonchev–Trinajstić information content (AvgIpc) is 2.67. The first-order chi connectivity index (χ1) is 14.4. The van der Waals surface area contributed by atoms with E-state index in [0.29, 0.717) is 0 Å². The SMILES string of the molecule is CCCCCCCCCCCCSCC(=O)NC(NP(=O)(N(C)C)N(C)C)C(Cl)(Cl)Cl. The fourth-order valence-corrected chi connectivity index (χ4v) is 6.15. The normalized spacial score (nSPS) is 13.7. The summed E-state index contributed by atoms with van der Waals surface area (Å²) in [5.74, 6) is 0.929. The summed E-state index contributed by atoms with van der Waals surface area (Å²) < 4.78 is 14.3. The molecule has 0 aromatic carbocycles. The zero-order chi connectivity index (χ0) is 23.9. The van der Waals surface area contributed by atoms with Crippen molar-refractivity contribution in [1.82, 2.24) is 19.7 Å². The molecule has 0 aliphatic rings. The first-order valence-corrected chi connectivity index (χ1v) is 15.0. The van der Waals surface area contributed by atoms with Gasteiger partial charge in [0.05, 0.1) is 5.75 Å². The molecule has 0 saturated carbocycles. The lowest BCUT2D eigenvalue weighted by Crippen LogP contribution is -2.54. The average molecular weight is 540 g/mol. The Kier molecular flexibility index (Phi) is 17.7. The minimum absolute atomic E-state index is 0.259. The molecule has 0 aromatic heterocycles. The summed E-state index contributed by atoms with van der Waals surface area (Å²) in [6, 6.07) is 0. The highest BCUT2D eigenvalue weighted by Gasteiger charge is 2.41. The third-order valence-corrected chi connectivity index (χ3v) is 9.35. The molecule has 6 nitrogen and oxygen atoms in total. The summed E-state index contributed by atoms with van der Waals surface area (Å²) in [5.41, 5.74) is 0. The molecule has 0 aromatic rings. The number of carbonyl (C=O) groups excluding carboxylic acids is 1. The fourth-order valence-electron chi connectivity index (χ4n) is 3.00. The molecule has 0 radical (unpaired) electrons. The smallest absolute Gasteiger partial charge is 0.285 e. The van der Waals surface area contributed by atoms with E-state index in [0.717, 1.165) is 12.2 Å². The third kappa shape index (κ3) is 14.6. The number of nitrogens with one attached hydrogen (secondary N) is 2. The van der Waals surface area contributed by atoms with Crippen LogP contribution in [0, 0.1) is 0 Å². The van der Waals surface area contributed by atoms with Gasteiger partial charge in [-0.3, -0.25) is 9.36 Å². The maximum atomic E-state index is 13.1. The second-order valence-corrected chi connectivity index (χ2v) is 14.6. The summed E-state index contributed by atoms with van der Waals surface area (Å²) in [6.07, 6.45) is 11.8. The summed E-state index contributed by atoms with van der Waals surface area (Å²) in [7, 11) is 3.45. The van der Waals surface area contributed by atoms with Gasteiger partial charge in [-0.25, -0.2) is 14.4 Å². The predicted octanol–water partition coefficient (Wildman–Crippen LogP) is 6.27. The van der Waals surface area contributed by atoms with Crippen molar-refractivity contribution in [3.8, 4) is 0 Å². The Hall–Kier alpha value is 0.800. The molecule has 0 saturated heterocycles. The largest absolute Gasteiger partial charge is 0.336 e. The van der Waals surface area contributed by atoms with E-state index in [1.807, 2.05) is 0 Å². The van der Waals surface area contributed by atoms with Crippen molar-refractivity contribution in [1.29, 1.82) is 0 Å². The number of alkyl halides is 3. The zero-order valence-electron chi connectivity index (χ0n) is 19.8. The van der Waals surface area contributed by atoms with Crippen LogP contribution in [-0.4, -0.2) is 64.9 Å². The number of hydrogen-bond acceptors (Lipinski definition) is 3. The molecule has 0 aliphatic carbocycles. The molecule has 0 bridgehead atoms. The van der Waals surface area contributed by atoms with Gasteiger partial charge in [0, 0.05) is 0 Å². The Morgan fingerprint density at radius 2 is 1.35 bits per heavy atom. The molecule has 0 spiro atoms. The number of carbonyl (C=O) groups is 1. The highest BCUT2D eigenvalue weighted by molar-refractivity contribution is 7.99. The Labute approximate surface area is 209 Å². The van der Waals surface area contributed by atoms with Gasteiger partial charge in [-0.2, -0.15) is 11.8 Å². The first kappa shape index (κ1) is 31.8. The Balaban J connectivity index is 4.17. The van der Waals surface area contributed by atoms with E-state index in [1.54, 1.807) is 40.0 Å². The first-order valence-electron chi connectivity index (χ1n) is 11.1. The van der Waals surface area contributed by atoms with Crippen molar-refractivity contribution >= 4 is 60.1 Å². The van der Waals surface area contributed by atoms with Crippen molar-refractivity contribution in [3.05, 3.63) is 0 Å². The van der Waals surface area contributed by atoms with Crippen LogP contribution in [0.2, 0.25) is 0 Å². The predicted molar refractivity (Wildman–Crippen MR) is 140 cm³/mol. The molecular weight excluding hydrogens is 498 g/mol. The van der Waals surface area contributed by atoms with Gasteiger partial charge in [-0.1, -0.05) is 99.5 Å². The fraction of sp³-hybridized carbons (Fsp3) is 0.950. The Bertz CT molecular complexity index is 525. The van der Waals surface area contributed by atoms with E-state index in [-0.39, 0.29) is 11.7 Å². The minimum atomic E-state index is -3.19. The molecule has 31 heavy (non-hydrogen) atoms. The van der Waals surface area contributed by atoms with Gasteiger partial charge < -0.3 is 5.32 Å². The van der Waals surface area contributed by atoms with Crippen LogP contribution in [0.4, 0.5) is 0 Å². The maximum Gasteiger partial charge on any atom is 0.285 e. The van der Waals surface area contributed by atoms with Crippen molar-refractivity contribution < 1.29 is 9.36 Å². The molecule has 0 aliphatic heterocycles. The maximum absolute atomic E-state index is 13.1. The van der Waals surface area contributed by atoms with Crippen LogP contribution in [-0.2, 0) is 9.36 Å². The number of unbranched alkanes of at least 4 members (excludes halogenated alkanes) is 9. The lowest BCUT2D eigenvalue weighted by molar-refractivity contribution is -0.119. The molecule has 186 valence electrons. The number of amides is 1. The van der Waals surface area contributed by atoms with E-state index >= 15 is 0 Å². The van der Waals surface area contributed by atoms with E-state index < -0.39 is 17.6 Å². The van der Waals surface area contributed by atoms with Gasteiger partial charge in [-0.15, -0.1) is 0 Å². The molecule has 0 rings (SSSR count). The third-order valence-electron chi connectivity index (χ3n) is 4.89. The van der Waals surface area contributed by atoms with Gasteiger partial charge >= 0.3 is 0 Å². The van der Waals surface area contributed by atoms with Gasteiger partial charge in [0.15, 0.2) is 0 Å². The summed E-state index contributed by atoms with van der Waals surface area (Å²) in [4.78, 5) is 12.3. The number of hydrogen-bond donors (Lipinski definition) is 2. The molecule has 1 atom stereocenters. The van der Waals surface area contributed by atoms with Crippen LogP contribution in [0.15, 0.2) is 0 Å². The Morgan fingerprint density at radius 1 is 0.903 bits per heavy atom. The second kappa shape index (κ2) is 17.3. The van der Waals surface area contributed by atoms with Gasteiger partial charge in [0.2, 0.25) is 9.70 Å². The number of thioether (sulfide) groups is 1. The lowest BCUT2D eigenvalue weighted by Gasteiger charge is -2.36. The van der Waals surface area contributed by atoms with Crippen LogP contribution in [0.5, 0.6) is 0 Å². The zero-order valence-corrected chi connectivity index (χ0v) is 23.7. The summed E-state index contributed by atoms with van der Waals surface area (Å²) in [5, 5.41) is 5.49. The molecule has 2 N–H and O–H groups in total. The van der Waals surface area contributed by atoms with E-state index in [1.165, 1.54) is 67.1 Å². The molecule has 1 unspecified atom stereocenters. The molecule has 0 heterocycles. The van der Waals surface area contributed by atoms with Crippen molar-refractivity contribution in [2.45, 2.75) is 81.1 Å². The van der Waals surface area contributed by atoms with Crippen LogP contribution in [0.1, 0.15) is 71.1 Å². The lowest BCUT2D eigenvalue weighted by atomic mass is 10.1. The van der Waals surface area contributed by atoms with Crippen molar-refractivity contribution in [2.75, 3.05) is 39.7 Å². The number of halogens is 3. The standard InChI is InChI=1S/C20H42Cl3N4O2PS/c1-6-7-8-9-10-11-12-13-14-15-16-31-17-18(28)24-19(20(21,22)23)25-30(29,26(2)3)27(4)5/h19H,6-17H2,1-5H3,(H,24,28)(H,25,29). The van der Waals surface area contributed by atoms with Crippen LogP contribution in [0.3, 0.4) is 0 Å². The van der Waals surface area contributed by atoms with Crippen LogP contribution < -0.4 is 10.4 Å². The summed E-state index contributed by atoms with van der Waals surface area (Å²) >= 11 is 19.6. The van der Waals surface area contributed by atoms with Crippen LogP contribution >= 0.6 is 54.2 Å². The topological polar surface area (TPSA) is 64.7 Å². The second-order valence-electron chi connectivity index (χ2n) is 8.14. The summed E-state index contributed by atoms with van der Waals surface area (Å²) in [6.45, 7) is 2.24. The van der Waals surface area contributed by atoms with Crippen LogP contribution in [0.25, 0.3) is 0 Å². The Morgan fingerprint density at radius 3 is 1.77 bits per heavy atom. The van der Waals surface area contributed by atoms with E-state index in [2.05, 4.69) is 17.3 Å². The molecule has 11 heteroatoms. The highest BCUT2D eigenvalue weighted by atomic mass is 35.6. The molecule has 0 fully saturated rings. The minimum Gasteiger partial charge on any atom is -0.336 e. The van der Waals surface area contributed by atoms with E-state index in [4.69, 9.17) is 34.8 Å². The van der Waals surface area contributed by atoms with Crippen molar-refractivity contribution in [3.63, 3.8) is 0 Å². The quantitative estimate of drug-likeness (QED) is 0.0926.